The van der Waals surface area contributed by atoms with Gasteiger partial charge in [-0.15, -0.1) is 0 Å². The molecule has 7 heteroatoms. The topological polar surface area (TPSA) is 86.7 Å². The first-order valence-corrected chi connectivity index (χ1v) is 8.96. The highest BCUT2D eigenvalue weighted by molar-refractivity contribution is 7.87. The van der Waals surface area contributed by atoms with E-state index in [1.165, 1.54) is 4.31 Å². The Morgan fingerprint density at radius 1 is 1.05 bits per heavy atom. The second-order valence-electron chi connectivity index (χ2n) is 6.27. The maximum atomic E-state index is 12.6. The summed E-state index contributed by atoms with van der Waals surface area (Å²) in [5.74, 6) is -0.690. The lowest BCUT2D eigenvalue weighted by molar-refractivity contribution is -0.144. The average molecular weight is 302 g/mol. The van der Waals surface area contributed by atoms with Gasteiger partial charge >= 0.3 is 5.97 Å². The average Bonchev–Trinajstić information content (AvgIpc) is 3.20. The lowest BCUT2D eigenvalue weighted by Crippen LogP contribution is -2.60. The van der Waals surface area contributed by atoms with Gasteiger partial charge in [0.2, 0.25) is 0 Å². The Balaban J connectivity index is 1.88. The van der Waals surface area contributed by atoms with Crippen LogP contribution in [0.25, 0.3) is 0 Å². The van der Waals surface area contributed by atoms with Gasteiger partial charge in [0.25, 0.3) is 10.2 Å². The van der Waals surface area contributed by atoms with E-state index in [1.807, 2.05) is 0 Å². The second kappa shape index (κ2) is 5.27. The number of aliphatic carboxylic acids is 1. The number of fused-ring (bicyclic) bond motifs is 1. The summed E-state index contributed by atoms with van der Waals surface area (Å²) in [7, 11) is -3.68. The van der Waals surface area contributed by atoms with Crippen LogP contribution in [-0.2, 0) is 15.0 Å². The van der Waals surface area contributed by atoms with Gasteiger partial charge < -0.3 is 5.11 Å². The molecule has 3 atom stereocenters. The summed E-state index contributed by atoms with van der Waals surface area (Å²) in [4.78, 5) is 11.5. The van der Waals surface area contributed by atoms with Crippen LogP contribution in [-0.4, -0.2) is 41.9 Å². The zero-order valence-corrected chi connectivity index (χ0v) is 12.3. The number of nitrogens with zero attached hydrogens (tertiary/aromatic N) is 1. The van der Waals surface area contributed by atoms with E-state index in [0.717, 1.165) is 44.9 Å². The molecule has 3 aliphatic rings. The van der Waals surface area contributed by atoms with Crippen LogP contribution >= 0.6 is 0 Å². The predicted octanol–water partition coefficient (Wildman–Crippen LogP) is 1.09. The molecule has 0 aromatic rings. The maximum absolute atomic E-state index is 12.6. The van der Waals surface area contributed by atoms with Crippen LogP contribution in [0.4, 0.5) is 0 Å². The van der Waals surface area contributed by atoms with E-state index < -0.39 is 22.2 Å². The molecule has 2 aliphatic carbocycles. The Bertz CT molecular complexity index is 489. The number of carboxylic acid groups (broad SMARTS) is 1. The summed E-state index contributed by atoms with van der Waals surface area (Å²) in [6, 6.07) is -1.01. The first-order chi connectivity index (χ1) is 9.49. The Hall–Kier alpha value is -0.660. The van der Waals surface area contributed by atoms with Gasteiger partial charge in [0.1, 0.15) is 6.04 Å². The van der Waals surface area contributed by atoms with Crippen molar-refractivity contribution in [3.8, 4) is 0 Å². The quantitative estimate of drug-likeness (QED) is 0.814. The first kappa shape index (κ1) is 14.3. The number of carboxylic acids is 1. The van der Waals surface area contributed by atoms with E-state index in [1.54, 1.807) is 0 Å². The minimum atomic E-state index is -3.68. The van der Waals surface area contributed by atoms with Crippen molar-refractivity contribution in [1.29, 1.82) is 0 Å². The molecule has 2 N–H and O–H groups in total. The SMILES string of the molecule is O=C(O)C1CCC2CCCCC2N1S(=O)(=O)NC1CC1. The van der Waals surface area contributed by atoms with Gasteiger partial charge in [0, 0.05) is 12.1 Å². The summed E-state index contributed by atoms with van der Waals surface area (Å²) < 4.78 is 29.1. The molecule has 2 saturated carbocycles. The molecule has 3 rings (SSSR count). The highest BCUT2D eigenvalue weighted by atomic mass is 32.2. The third-order valence-corrected chi connectivity index (χ3v) is 6.48. The zero-order chi connectivity index (χ0) is 14.3. The van der Waals surface area contributed by atoms with Crippen LogP contribution in [0.3, 0.4) is 0 Å². The van der Waals surface area contributed by atoms with Crippen molar-refractivity contribution in [2.75, 3.05) is 0 Å². The Morgan fingerprint density at radius 3 is 2.40 bits per heavy atom. The molecule has 0 bridgehead atoms. The molecule has 6 nitrogen and oxygen atoms in total. The molecule has 3 fully saturated rings. The molecule has 0 radical (unpaired) electrons. The fraction of sp³-hybridized carbons (Fsp3) is 0.923. The third kappa shape index (κ3) is 2.71. The summed E-state index contributed by atoms with van der Waals surface area (Å²) in [6.07, 6.45) is 6.91. The van der Waals surface area contributed by atoms with E-state index >= 15 is 0 Å². The summed E-state index contributed by atoms with van der Waals surface area (Å²) >= 11 is 0. The highest BCUT2D eigenvalue weighted by Crippen LogP contribution is 2.39. The Kier molecular flexibility index (Phi) is 3.77. The van der Waals surface area contributed by atoms with E-state index in [2.05, 4.69) is 4.72 Å². The lowest BCUT2D eigenvalue weighted by atomic mass is 9.78. The van der Waals surface area contributed by atoms with Crippen LogP contribution in [0.15, 0.2) is 0 Å². The minimum Gasteiger partial charge on any atom is -0.480 e. The molecule has 0 spiro atoms. The van der Waals surface area contributed by atoms with Gasteiger partial charge in [-0.2, -0.15) is 17.4 Å². The third-order valence-electron chi connectivity index (χ3n) is 4.77. The Labute approximate surface area is 119 Å². The fourth-order valence-corrected chi connectivity index (χ4v) is 5.58. The van der Waals surface area contributed by atoms with Crippen LogP contribution in [0.5, 0.6) is 0 Å². The van der Waals surface area contributed by atoms with Crippen molar-refractivity contribution in [2.24, 2.45) is 5.92 Å². The predicted molar refractivity (Wildman–Crippen MR) is 73.3 cm³/mol. The number of rotatable bonds is 4. The molecule has 1 aliphatic heterocycles. The van der Waals surface area contributed by atoms with Gasteiger partial charge in [0.05, 0.1) is 0 Å². The van der Waals surface area contributed by atoms with E-state index in [9.17, 15) is 18.3 Å². The normalized spacial score (nSPS) is 35.5. The largest absolute Gasteiger partial charge is 0.480 e. The van der Waals surface area contributed by atoms with Gasteiger partial charge in [-0.1, -0.05) is 12.8 Å². The summed E-state index contributed by atoms with van der Waals surface area (Å²) in [5, 5.41) is 9.38. The van der Waals surface area contributed by atoms with Gasteiger partial charge in [-0.3, -0.25) is 4.79 Å². The van der Waals surface area contributed by atoms with Crippen molar-refractivity contribution in [3.05, 3.63) is 0 Å². The number of piperidine rings is 1. The van der Waals surface area contributed by atoms with Crippen molar-refractivity contribution >= 4 is 16.2 Å². The van der Waals surface area contributed by atoms with E-state index in [4.69, 9.17) is 0 Å². The minimum absolute atomic E-state index is 0.0124. The summed E-state index contributed by atoms with van der Waals surface area (Å²) in [6.45, 7) is 0. The zero-order valence-electron chi connectivity index (χ0n) is 11.5. The Morgan fingerprint density at radius 2 is 1.75 bits per heavy atom. The molecule has 114 valence electrons. The molecule has 1 saturated heterocycles. The van der Waals surface area contributed by atoms with E-state index in [0.29, 0.717) is 12.3 Å². The smallest absolute Gasteiger partial charge is 0.322 e. The van der Waals surface area contributed by atoms with Crippen molar-refractivity contribution < 1.29 is 18.3 Å². The van der Waals surface area contributed by atoms with Crippen LogP contribution < -0.4 is 4.72 Å². The van der Waals surface area contributed by atoms with Crippen molar-refractivity contribution in [1.82, 2.24) is 9.03 Å². The molecule has 20 heavy (non-hydrogen) atoms. The van der Waals surface area contributed by atoms with Crippen molar-refractivity contribution in [2.45, 2.75) is 69.5 Å². The van der Waals surface area contributed by atoms with Gasteiger partial charge in [-0.25, -0.2) is 0 Å². The standard InChI is InChI=1S/C13H22N2O4S/c16-13(17)12-8-5-9-3-1-2-4-11(9)15(12)20(18,19)14-10-6-7-10/h9-12,14H,1-8H2,(H,16,17). The lowest BCUT2D eigenvalue weighted by Gasteiger charge is -2.45. The number of hydrogen-bond acceptors (Lipinski definition) is 3. The monoisotopic (exact) mass is 302 g/mol. The van der Waals surface area contributed by atoms with Gasteiger partial charge in [0.15, 0.2) is 0 Å². The summed E-state index contributed by atoms with van der Waals surface area (Å²) in [5.41, 5.74) is 0. The molecule has 0 amide bonds. The molecule has 0 aromatic heterocycles. The molecular weight excluding hydrogens is 280 g/mol. The van der Waals surface area contributed by atoms with Crippen molar-refractivity contribution in [3.63, 3.8) is 0 Å². The maximum Gasteiger partial charge on any atom is 0.322 e. The van der Waals surface area contributed by atoms with E-state index in [-0.39, 0.29) is 12.1 Å². The molecule has 1 heterocycles. The second-order valence-corrected chi connectivity index (χ2v) is 7.88. The van der Waals surface area contributed by atoms with Crippen LogP contribution in [0, 0.1) is 5.92 Å². The molecule has 3 unspecified atom stereocenters. The number of carbonyl (C=O) groups is 1. The first-order valence-electron chi connectivity index (χ1n) is 7.52. The molecular formula is C13H22N2O4S. The fourth-order valence-electron chi connectivity index (χ4n) is 3.64. The number of nitrogens with one attached hydrogen (secondary N) is 1. The van der Waals surface area contributed by atoms with Crippen LogP contribution in [0.2, 0.25) is 0 Å². The highest BCUT2D eigenvalue weighted by Gasteiger charge is 2.48. The molecule has 0 aromatic carbocycles. The van der Waals surface area contributed by atoms with Crippen LogP contribution in [0.1, 0.15) is 51.4 Å². The van der Waals surface area contributed by atoms with Gasteiger partial charge in [-0.05, 0) is 44.4 Å². The number of hydrogen-bond donors (Lipinski definition) is 2.